The van der Waals surface area contributed by atoms with Crippen LogP contribution in [-0.4, -0.2) is 51.2 Å². The normalized spacial score (nSPS) is 14.6. The molecule has 0 radical (unpaired) electrons. The molecule has 148 valence electrons. The Balaban J connectivity index is 1.47. The summed E-state index contributed by atoms with van der Waals surface area (Å²) in [7, 11) is 0. The van der Waals surface area contributed by atoms with Crippen molar-refractivity contribution in [3.8, 4) is 0 Å². The number of rotatable bonds is 6. The third-order valence-electron chi connectivity index (χ3n) is 5.02. The monoisotopic (exact) mass is 382 g/mol. The number of carbonyl (C=O) groups excluding carboxylic acids is 2. The minimum absolute atomic E-state index is 0.0109. The first-order valence-corrected chi connectivity index (χ1v) is 9.78. The fourth-order valence-electron chi connectivity index (χ4n) is 3.50. The Morgan fingerprint density at radius 2 is 1.75 bits per heavy atom. The molecule has 6 nitrogen and oxygen atoms in total. The predicted octanol–water partition coefficient (Wildman–Crippen LogP) is 1.52. The molecule has 0 saturated carbocycles. The lowest BCUT2D eigenvalue weighted by atomic mass is 10.1. The number of esters is 1. The Morgan fingerprint density at radius 1 is 1.07 bits per heavy atom. The maximum absolute atomic E-state index is 12.4. The van der Waals surface area contributed by atoms with E-state index in [1.165, 1.54) is 16.2 Å². The van der Waals surface area contributed by atoms with Crippen LogP contribution in [0.4, 0.5) is 11.4 Å². The molecule has 1 saturated heterocycles. The van der Waals surface area contributed by atoms with E-state index < -0.39 is 0 Å². The highest BCUT2D eigenvalue weighted by Crippen LogP contribution is 2.18. The van der Waals surface area contributed by atoms with E-state index in [1.54, 1.807) is 31.2 Å². The number of hydrogen-bond acceptors (Lipinski definition) is 4. The smallest absolute Gasteiger partial charge is 0.338 e. The number of nitrogens with zero attached hydrogens (tertiary/aromatic N) is 1. The van der Waals surface area contributed by atoms with Crippen LogP contribution in [0.25, 0.3) is 0 Å². The molecule has 1 aliphatic heterocycles. The second-order valence-corrected chi connectivity index (χ2v) is 7.05. The number of aryl methyl sites for hydroxylation is 1. The van der Waals surface area contributed by atoms with Crippen molar-refractivity contribution in [1.29, 1.82) is 0 Å². The third kappa shape index (κ3) is 5.10. The summed E-state index contributed by atoms with van der Waals surface area (Å²) in [6.07, 6.45) is 0. The molecule has 1 aliphatic rings. The van der Waals surface area contributed by atoms with Crippen LogP contribution in [0.1, 0.15) is 22.8 Å². The Bertz CT molecular complexity index is 812. The van der Waals surface area contributed by atoms with Crippen LogP contribution in [0.3, 0.4) is 0 Å². The lowest BCUT2D eigenvalue weighted by Gasteiger charge is -2.34. The molecule has 6 heteroatoms. The van der Waals surface area contributed by atoms with Gasteiger partial charge >= 0.3 is 5.97 Å². The molecule has 0 bridgehead atoms. The maximum Gasteiger partial charge on any atom is 0.338 e. The molecule has 1 amide bonds. The lowest BCUT2D eigenvalue weighted by molar-refractivity contribution is -0.892. The van der Waals surface area contributed by atoms with Crippen LogP contribution < -0.4 is 15.1 Å². The number of benzene rings is 2. The van der Waals surface area contributed by atoms with Gasteiger partial charge in [0.05, 0.1) is 38.3 Å². The number of carbonyl (C=O) groups is 2. The lowest BCUT2D eigenvalue weighted by Crippen LogP contribution is -3.15. The number of para-hydroxylation sites is 1. The molecule has 3 rings (SSSR count). The van der Waals surface area contributed by atoms with Crippen LogP contribution in [0.2, 0.25) is 0 Å². The summed E-state index contributed by atoms with van der Waals surface area (Å²) in [5.74, 6) is -0.362. The van der Waals surface area contributed by atoms with Gasteiger partial charge in [-0.1, -0.05) is 18.2 Å². The van der Waals surface area contributed by atoms with E-state index in [-0.39, 0.29) is 11.9 Å². The molecule has 1 fully saturated rings. The predicted molar refractivity (Wildman–Crippen MR) is 110 cm³/mol. The molecular weight excluding hydrogens is 354 g/mol. The molecule has 0 unspecified atom stereocenters. The highest BCUT2D eigenvalue weighted by molar-refractivity contribution is 5.93. The molecule has 2 aromatic rings. The second-order valence-electron chi connectivity index (χ2n) is 7.05. The molecule has 28 heavy (non-hydrogen) atoms. The molecule has 2 N–H and O–H groups in total. The fourth-order valence-corrected chi connectivity index (χ4v) is 3.50. The number of amides is 1. The van der Waals surface area contributed by atoms with E-state index in [9.17, 15) is 9.59 Å². The summed E-state index contributed by atoms with van der Waals surface area (Å²) in [5, 5.41) is 2.91. The average Bonchev–Trinajstić information content (AvgIpc) is 2.70. The zero-order valence-corrected chi connectivity index (χ0v) is 16.5. The maximum atomic E-state index is 12.4. The highest BCUT2D eigenvalue weighted by Gasteiger charge is 2.23. The van der Waals surface area contributed by atoms with Gasteiger partial charge < -0.3 is 19.9 Å². The van der Waals surface area contributed by atoms with Crippen molar-refractivity contribution in [1.82, 2.24) is 0 Å². The summed E-state index contributed by atoms with van der Waals surface area (Å²) < 4.78 is 4.96. The zero-order valence-electron chi connectivity index (χ0n) is 16.5. The summed E-state index contributed by atoms with van der Waals surface area (Å²) in [6, 6.07) is 15.2. The third-order valence-corrected chi connectivity index (χ3v) is 5.02. The number of ether oxygens (including phenoxy) is 1. The van der Waals surface area contributed by atoms with Crippen LogP contribution in [0, 0.1) is 6.92 Å². The van der Waals surface area contributed by atoms with Gasteiger partial charge in [-0.25, -0.2) is 4.79 Å². The zero-order chi connectivity index (χ0) is 19.9. The first-order chi connectivity index (χ1) is 13.6. The first-order valence-electron chi connectivity index (χ1n) is 9.78. The van der Waals surface area contributed by atoms with Gasteiger partial charge in [0.15, 0.2) is 6.54 Å². The molecular formula is C22H28N3O3+. The second kappa shape index (κ2) is 9.37. The summed E-state index contributed by atoms with van der Waals surface area (Å²) in [6.45, 7) is 8.46. The van der Waals surface area contributed by atoms with E-state index in [0.29, 0.717) is 24.4 Å². The van der Waals surface area contributed by atoms with Crippen molar-refractivity contribution in [2.45, 2.75) is 13.8 Å². The Morgan fingerprint density at radius 3 is 2.39 bits per heavy atom. The minimum atomic E-state index is -0.351. The van der Waals surface area contributed by atoms with E-state index in [0.717, 1.165) is 26.2 Å². The van der Waals surface area contributed by atoms with Gasteiger partial charge in [0.25, 0.3) is 5.91 Å². The molecule has 0 spiro atoms. The van der Waals surface area contributed by atoms with Crippen molar-refractivity contribution < 1.29 is 19.2 Å². The Hall–Kier alpha value is -2.86. The number of hydrogen-bond donors (Lipinski definition) is 2. The van der Waals surface area contributed by atoms with Gasteiger partial charge in [-0.2, -0.15) is 0 Å². The molecule has 0 aromatic heterocycles. The molecule has 0 aliphatic carbocycles. The van der Waals surface area contributed by atoms with Crippen LogP contribution in [-0.2, 0) is 9.53 Å². The van der Waals surface area contributed by atoms with E-state index >= 15 is 0 Å². The van der Waals surface area contributed by atoms with Crippen molar-refractivity contribution in [2.24, 2.45) is 0 Å². The van der Waals surface area contributed by atoms with E-state index in [2.05, 4.69) is 41.4 Å². The molecule has 1 heterocycles. The standard InChI is InChI=1S/C22H27N3O3/c1-3-28-22(27)18-8-10-19(11-9-18)23-21(26)16-24-12-14-25(15-13-24)20-7-5-4-6-17(20)2/h4-11H,3,12-16H2,1-2H3,(H,23,26)/p+1. The van der Waals surface area contributed by atoms with Crippen molar-refractivity contribution in [3.63, 3.8) is 0 Å². The molecule has 2 aromatic carbocycles. The minimum Gasteiger partial charge on any atom is -0.462 e. The van der Waals surface area contributed by atoms with Crippen molar-refractivity contribution in [2.75, 3.05) is 49.5 Å². The molecule has 0 atom stereocenters. The number of piperazine rings is 1. The average molecular weight is 382 g/mol. The van der Waals surface area contributed by atoms with Gasteiger partial charge in [-0.3, -0.25) is 4.79 Å². The summed E-state index contributed by atoms with van der Waals surface area (Å²) in [4.78, 5) is 27.7. The Kier molecular flexibility index (Phi) is 6.66. The number of quaternary nitrogens is 1. The Labute approximate surface area is 166 Å². The van der Waals surface area contributed by atoms with Crippen molar-refractivity contribution in [3.05, 3.63) is 59.7 Å². The quantitative estimate of drug-likeness (QED) is 0.744. The van der Waals surface area contributed by atoms with Gasteiger partial charge in [0.2, 0.25) is 0 Å². The SMILES string of the molecule is CCOC(=O)c1ccc(NC(=O)C[NH+]2CCN(c3ccccc3C)CC2)cc1. The number of nitrogens with one attached hydrogen (secondary N) is 2. The van der Waals surface area contributed by atoms with Gasteiger partial charge in [-0.15, -0.1) is 0 Å². The van der Waals surface area contributed by atoms with Gasteiger partial charge in [-0.05, 0) is 49.7 Å². The first kappa shape index (κ1) is 19.9. The topological polar surface area (TPSA) is 63.1 Å². The van der Waals surface area contributed by atoms with Gasteiger partial charge in [0, 0.05) is 11.4 Å². The van der Waals surface area contributed by atoms with Crippen LogP contribution >= 0.6 is 0 Å². The van der Waals surface area contributed by atoms with E-state index in [1.807, 2.05) is 0 Å². The summed E-state index contributed by atoms with van der Waals surface area (Å²) in [5.41, 5.74) is 3.75. The van der Waals surface area contributed by atoms with Crippen LogP contribution in [0.15, 0.2) is 48.5 Å². The number of anilines is 2. The van der Waals surface area contributed by atoms with Crippen LogP contribution in [0.5, 0.6) is 0 Å². The fraction of sp³-hybridized carbons (Fsp3) is 0.364. The summed E-state index contributed by atoms with van der Waals surface area (Å²) >= 11 is 0. The van der Waals surface area contributed by atoms with Gasteiger partial charge in [0.1, 0.15) is 0 Å². The highest BCUT2D eigenvalue weighted by atomic mass is 16.5. The van der Waals surface area contributed by atoms with E-state index in [4.69, 9.17) is 4.74 Å². The largest absolute Gasteiger partial charge is 0.462 e. The van der Waals surface area contributed by atoms with Crippen molar-refractivity contribution >= 4 is 23.3 Å².